The number of nitrogens with one attached hydrogen (secondary N) is 1. The third kappa shape index (κ3) is 2.49. The van der Waals surface area contributed by atoms with Gasteiger partial charge in [0.2, 0.25) is 5.91 Å². The average Bonchev–Trinajstić information content (AvgIpc) is 3.28. The van der Waals surface area contributed by atoms with Crippen molar-refractivity contribution in [3.05, 3.63) is 65.4 Å². The van der Waals surface area contributed by atoms with Crippen LogP contribution in [0.25, 0.3) is 10.9 Å². The molecule has 0 fully saturated rings. The maximum absolute atomic E-state index is 14.4. The van der Waals surface area contributed by atoms with Gasteiger partial charge in [-0.15, -0.1) is 0 Å². The number of hydrogen-bond donors (Lipinski definition) is 1. The Morgan fingerprint density at radius 1 is 1.10 bits per heavy atom. The van der Waals surface area contributed by atoms with Crippen molar-refractivity contribution in [1.82, 2.24) is 9.88 Å². The van der Waals surface area contributed by atoms with Crippen molar-refractivity contribution in [2.75, 3.05) is 11.4 Å². The number of fused-ring (bicyclic) bond motifs is 6. The molecule has 1 spiro atoms. The molecule has 5 rings (SSSR count). The average molecular weight is 416 g/mol. The number of amides is 2. The number of H-pyrrole nitrogens is 1. The molecule has 3 heterocycles. The van der Waals surface area contributed by atoms with Crippen LogP contribution in [0.2, 0.25) is 0 Å². The number of aromatic amines is 1. The summed E-state index contributed by atoms with van der Waals surface area (Å²) < 4.78 is 0. The van der Waals surface area contributed by atoms with Crippen molar-refractivity contribution in [1.29, 1.82) is 0 Å². The highest BCUT2D eigenvalue weighted by atomic mass is 16.2. The van der Waals surface area contributed by atoms with Gasteiger partial charge in [0, 0.05) is 35.0 Å². The third-order valence-electron chi connectivity index (χ3n) is 7.06. The molecule has 5 heteroatoms. The highest BCUT2D eigenvalue weighted by Gasteiger charge is 2.61. The SMILES string of the molecule is CC[C@@H](C)C(=O)N1CCc2c([nH]c3ccccc23)[C@]12C(=O)N(C(C)C)c1ccccc12. The van der Waals surface area contributed by atoms with Crippen molar-refractivity contribution in [2.45, 2.75) is 52.1 Å². The summed E-state index contributed by atoms with van der Waals surface area (Å²) in [6.07, 6.45) is 1.48. The Labute approximate surface area is 183 Å². The summed E-state index contributed by atoms with van der Waals surface area (Å²) in [5.74, 6) is -0.135. The molecule has 1 aromatic heterocycles. The molecule has 160 valence electrons. The molecule has 2 aromatic carbocycles. The van der Waals surface area contributed by atoms with Gasteiger partial charge >= 0.3 is 0 Å². The number of carbonyl (C=O) groups is 2. The van der Waals surface area contributed by atoms with Crippen molar-refractivity contribution >= 4 is 28.4 Å². The summed E-state index contributed by atoms with van der Waals surface area (Å²) in [4.78, 5) is 35.4. The predicted octanol–water partition coefficient (Wildman–Crippen LogP) is 4.60. The standard InChI is InChI=1S/C26H29N3O2/c1-5-17(4)24(30)28-15-14-19-18-10-6-8-12-21(18)27-23(19)26(28)20-11-7-9-13-22(20)29(16(2)3)25(26)31/h6-13,16-17,27H,5,14-15H2,1-4H3/t17-,26-/m1/s1. The molecular weight excluding hydrogens is 386 g/mol. The fourth-order valence-electron chi connectivity index (χ4n) is 5.41. The smallest absolute Gasteiger partial charge is 0.264 e. The first-order valence-corrected chi connectivity index (χ1v) is 11.3. The molecule has 2 atom stereocenters. The molecule has 2 amide bonds. The molecule has 0 saturated heterocycles. The lowest BCUT2D eigenvalue weighted by atomic mass is 9.79. The van der Waals surface area contributed by atoms with E-state index >= 15 is 0 Å². The predicted molar refractivity (Wildman–Crippen MR) is 123 cm³/mol. The van der Waals surface area contributed by atoms with E-state index in [0.717, 1.165) is 46.3 Å². The topological polar surface area (TPSA) is 56.4 Å². The lowest BCUT2D eigenvalue weighted by molar-refractivity contribution is -0.148. The minimum Gasteiger partial charge on any atom is -0.355 e. The zero-order chi connectivity index (χ0) is 21.9. The van der Waals surface area contributed by atoms with Gasteiger partial charge in [0.05, 0.1) is 11.4 Å². The minimum absolute atomic E-state index is 0.0108. The first-order chi connectivity index (χ1) is 14.9. The highest BCUT2D eigenvalue weighted by Crippen LogP contribution is 2.52. The normalized spacial score (nSPS) is 21.1. The van der Waals surface area contributed by atoms with E-state index in [-0.39, 0.29) is 23.8 Å². The van der Waals surface area contributed by atoms with Gasteiger partial charge in [-0.3, -0.25) is 9.59 Å². The quantitative estimate of drug-likeness (QED) is 0.680. The highest BCUT2D eigenvalue weighted by molar-refractivity contribution is 6.13. The van der Waals surface area contributed by atoms with E-state index in [1.54, 1.807) is 0 Å². The van der Waals surface area contributed by atoms with E-state index in [2.05, 4.69) is 11.1 Å². The number of aromatic nitrogens is 1. The summed E-state index contributed by atoms with van der Waals surface area (Å²) in [7, 11) is 0. The molecule has 0 aliphatic carbocycles. The van der Waals surface area contributed by atoms with Crippen LogP contribution in [0.5, 0.6) is 0 Å². The lowest BCUT2D eigenvalue weighted by Gasteiger charge is -2.44. The van der Waals surface area contributed by atoms with E-state index in [9.17, 15) is 9.59 Å². The molecule has 2 aliphatic heterocycles. The minimum atomic E-state index is -1.14. The molecule has 1 N–H and O–H groups in total. The van der Waals surface area contributed by atoms with Crippen LogP contribution in [0, 0.1) is 5.92 Å². The second kappa shape index (κ2) is 6.98. The molecule has 5 nitrogen and oxygen atoms in total. The van der Waals surface area contributed by atoms with Crippen LogP contribution in [0.4, 0.5) is 5.69 Å². The first-order valence-electron chi connectivity index (χ1n) is 11.3. The Morgan fingerprint density at radius 3 is 2.55 bits per heavy atom. The monoisotopic (exact) mass is 415 g/mol. The maximum atomic E-state index is 14.4. The molecule has 0 saturated carbocycles. The molecule has 2 aliphatic rings. The zero-order valence-corrected chi connectivity index (χ0v) is 18.6. The van der Waals surface area contributed by atoms with E-state index < -0.39 is 5.54 Å². The summed E-state index contributed by atoms with van der Waals surface area (Å²) in [6, 6.07) is 16.1. The van der Waals surface area contributed by atoms with Crippen molar-refractivity contribution < 1.29 is 9.59 Å². The number of para-hydroxylation sites is 2. The fourth-order valence-corrected chi connectivity index (χ4v) is 5.41. The van der Waals surface area contributed by atoms with Crippen LogP contribution in [0.15, 0.2) is 48.5 Å². The van der Waals surface area contributed by atoms with Crippen molar-refractivity contribution in [2.24, 2.45) is 5.92 Å². The number of rotatable bonds is 3. The Morgan fingerprint density at radius 2 is 1.81 bits per heavy atom. The molecule has 0 unspecified atom stereocenters. The number of carbonyl (C=O) groups excluding carboxylic acids is 2. The molecular formula is C26H29N3O2. The van der Waals surface area contributed by atoms with Crippen molar-refractivity contribution in [3.8, 4) is 0 Å². The second-order valence-corrected chi connectivity index (χ2v) is 9.07. The third-order valence-corrected chi connectivity index (χ3v) is 7.06. The van der Waals surface area contributed by atoms with Gasteiger partial charge in [0.1, 0.15) is 0 Å². The largest absolute Gasteiger partial charge is 0.355 e. The van der Waals surface area contributed by atoms with Crippen LogP contribution >= 0.6 is 0 Å². The molecule has 3 aromatic rings. The van der Waals surface area contributed by atoms with Gasteiger partial charge in [0.25, 0.3) is 5.91 Å². The summed E-state index contributed by atoms with van der Waals surface area (Å²) in [5, 5.41) is 1.14. The van der Waals surface area contributed by atoms with Gasteiger partial charge in [0.15, 0.2) is 5.54 Å². The van der Waals surface area contributed by atoms with E-state index in [1.165, 1.54) is 0 Å². The number of anilines is 1. The Kier molecular flexibility index (Phi) is 4.47. The fraction of sp³-hybridized carbons (Fsp3) is 0.385. The lowest BCUT2D eigenvalue weighted by Crippen LogP contribution is -2.60. The van der Waals surface area contributed by atoms with Crippen molar-refractivity contribution in [3.63, 3.8) is 0 Å². The van der Waals surface area contributed by atoms with Gasteiger partial charge in [-0.2, -0.15) is 0 Å². The van der Waals surface area contributed by atoms with Gasteiger partial charge in [-0.05, 0) is 44.4 Å². The molecule has 0 radical (unpaired) electrons. The van der Waals surface area contributed by atoms with Gasteiger partial charge in [-0.25, -0.2) is 0 Å². The van der Waals surface area contributed by atoms with E-state index in [1.807, 2.05) is 80.0 Å². The maximum Gasteiger partial charge on any atom is 0.264 e. The van der Waals surface area contributed by atoms with E-state index in [4.69, 9.17) is 0 Å². The van der Waals surface area contributed by atoms with Crippen LogP contribution in [0.3, 0.4) is 0 Å². The Hall–Kier alpha value is -3.08. The van der Waals surface area contributed by atoms with Gasteiger partial charge < -0.3 is 14.8 Å². The van der Waals surface area contributed by atoms with Gasteiger partial charge in [-0.1, -0.05) is 50.2 Å². The van der Waals surface area contributed by atoms with Crippen LogP contribution in [-0.4, -0.2) is 34.3 Å². The summed E-state index contributed by atoms with van der Waals surface area (Å²) >= 11 is 0. The molecule has 31 heavy (non-hydrogen) atoms. The van der Waals surface area contributed by atoms with E-state index in [0.29, 0.717) is 6.54 Å². The van der Waals surface area contributed by atoms with Crippen LogP contribution in [0.1, 0.15) is 50.9 Å². The Bertz CT molecular complexity index is 1190. The number of hydrogen-bond acceptors (Lipinski definition) is 2. The number of nitrogens with zero attached hydrogens (tertiary/aromatic N) is 2. The number of benzene rings is 2. The summed E-state index contributed by atoms with van der Waals surface area (Å²) in [6.45, 7) is 8.58. The van der Waals surface area contributed by atoms with Crippen LogP contribution < -0.4 is 4.90 Å². The Balaban J connectivity index is 1.87. The van der Waals surface area contributed by atoms with Crippen LogP contribution in [-0.2, 0) is 21.5 Å². The molecule has 0 bridgehead atoms. The zero-order valence-electron chi connectivity index (χ0n) is 18.6. The first kappa shape index (κ1) is 19.9. The summed E-state index contributed by atoms with van der Waals surface area (Å²) in [5.41, 5.74) is 3.68. The second-order valence-electron chi connectivity index (χ2n) is 9.07.